The summed E-state index contributed by atoms with van der Waals surface area (Å²) >= 11 is 0. The fourth-order valence-corrected chi connectivity index (χ4v) is 7.70. The van der Waals surface area contributed by atoms with Gasteiger partial charge in [0.05, 0.1) is 17.8 Å². The van der Waals surface area contributed by atoms with Gasteiger partial charge in [-0.15, -0.1) is 0 Å². The Hall–Kier alpha value is -1.55. The maximum absolute atomic E-state index is 13.9. The molecule has 3 rings (SSSR count). The molecular weight excluding hydrogens is 555 g/mol. The van der Waals surface area contributed by atoms with Crippen LogP contribution in [0.5, 0.6) is 0 Å². The second kappa shape index (κ2) is 12.8. The van der Waals surface area contributed by atoms with Gasteiger partial charge in [-0.1, -0.05) is 43.7 Å². The number of alkyl halides is 5. The number of hydrogen-bond acceptors (Lipinski definition) is 4. The number of aliphatic hydroxyl groups is 4. The fraction of sp³-hybridized carbons (Fsp3) is 0.758. The Morgan fingerprint density at radius 3 is 2.31 bits per heavy atom. The Labute approximate surface area is 247 Å². The first-order chi connectivity index (χ1) is 19.2. The van der Waals surface area contributed by atoms with E-state index in [1.165, 1.54) is 5.57 Å². The summed E-state index contributed by atoms with van der Waals surface area (Å²) in [7, 11) is 0. The van der Waals surface area contributed by atoms with Crippen LogP contribution in [0.25, 0.3) is 0 Å². The zero-order valence-electron chi connectivity index (χ0n) is 25.4. The van der Waals surface area contributed by atoms with Gasteiger partial charge in [0.1, 0.15) is 0 Å². The number of rotatable bonds is 10. The molecule has 4 nitrogen and oxygen atoms in total. The van der Waals surface area contributed by atoms with Crippen LogP contribution in [-0.2, 0) is 0 Å². The zero-order chi connectivity index (χ0) is 31.7. The molecule has 4 N–H and O–H groups in total. The normalized spacial score (nSPS) is 33.8. The third-order valence-electron chi connectivity index (χ3n) is 10.1. The van der Waals surface area contributed by atoms with Crippen molar-refractivity contribution in [2.24, 2.45) is 23.2 Å². The number of allylic oxidation sites excluding steroid dienone is 4. The molecule has 0 heterocycles. The molecule has 0 aromatic carbocycles. The van der Waals surface area contributed by atoms with E-state index in [-0.39, 0.29) is 49.0 Å². The average Bonchev–Trinajstić information content (AvgIpc) is 3.19. The van der Waals surface area contributed by atoms with Crippen LogP contribution < -0.4 is 0 Å². The molecule has 0 aliphatic heterocycles. The first-order valence-corrected chi connectivity index (χ1v) is 15.2. The smallest absolute Gasteiger partial charge is 0.393 e. The van der Waals surface area contributed by atoms with Crippen molar-refractivity contribution in [2.45, 2.75) is 134 Å². The van der Waals surface area contributed by atoms with Gasteiger partial charge in [-0.3, -0.25) is 0 Å². The van der Waals surface area contributed by atoms with E-state index in [2.05, 4.69) is 19.6 Å². The molecule has 1 unspecified atom stereocenters. The molecule has 240 valence electrons. The minimum absolute atomic E-state index is 0.0729. The van der Waals surface area contributed by atoms with Crippen molar-refractivity contribution in [3.63, 3.8) is 0 Å². The van der Waals surface area contributed by atoms with Crippen molar-refractivity contribution in [3.05, 3.63) is 47.6 Å². The van der Waals surface area contributed by atoms with E-state index >= 15 is 0 Å². The highest BCUT2D eigenvalue weighted by Crippen LogP contribution is 2.60. The summed E-state index contributed by atoms with van der Waals surface area (Å²) < 4.78 is 68.4. The minimum atomic E-state index is -5.53. The fourth-order valence-electron chi connectivity index (χ4n) is 7.70. The number of hydrogen-bond donors (Lipinski definition) is 4. The summed E-state index contributed by atoms with van der Waals surface area (Å²) in [5, 5.41) is 40.6. The lowest BCUT2D eigenvalue weighted by Gasteiger charge is -2.45. The molecule has 3 aliphatic carbocycles. The number of halogens is 5. The molecule has 7 atom stereocenters. The topological polar surface area (TPSA) is 80.9 Å². The standard InChI is InChI=1S/C33H49F5O4/c1-21-24(19-25(39)20-28(21)40)13-12-23-10-7-17-30(4)26(14-15-27(23)30)22(9-6-16-29(2,3)41)11-8-18-32(42,31(5,34)35)33(36,37)38/h8,12-13,18,22,25-28,39-42H,1,6-7,9-11,14-17,19-20H2,2-5H3/b18-8+,23-12+,24-13-/t22-,25+,26+,27-,28-,30+,32?/m0/s1. The summed E-state index contributed by atoms with van der Waals surface area (Å²) in [5.41, 5.74) is -2.58. The zero-order valence-corrected chi connectivity index (χ0v) is 25.4. The maximum atomic E-state index is 13.9. The summed E-state index contributed by atoms with van der Waals surface area (Å²) in [6.45, 7) is 9.69. The predicted molar refractivity (Wildman–Crippen MR) is 154 cm³/mol. The first-order valence-electron chi connectivity index (χ1n) is 15.2. The highest BCUT2D eigenvalue weighted by atomic mass is 19.4. The number of fused-ring (bicyclic) bond motifs is 1. The van der Waals surface area contributed by atoms with Crippen molar-refractivity contribution in [2.75, 3.05) is 0 Å². The summed E-state index contributed by atoms with van der Waals surface area (Å²) in [6.07, 6.45) is 5.50. The molecule has 9 heteroatoms. The Balaban J connectivity index is 1.87. The monoisotopic (exact) mass is 604 g/mol. The van der Waals surface area contributed by atoms with E-state index in [4.69, 9.17) is 0 Å². The molecule has 3 aliphatic rings. The largest absolute Gasteiger partial charge is 0.426 e. The highest BCUT2D eigenvalue weighted by Gasteiger charge is 2.65. The molecule has 0 bridgehead atoms. The van der Waals surface area contributed by atoms with E-state index in [1.807, 2.05) is 6.08 Å². The van der Waals surface area contributed by atoms with E-state index in [0.717, 1.165) is 43.8 Å². The van der Waals surface area contributed by atoms with Gasteiger partial charge in [0.15, 0.2) is 0 Å². The molecule has 3 saturated carbocycles. The second-order valence-corrected chi connectivity index (χ2v) is 13.9. The van der Waals surface area contributed by atoms with Crippen LogP contribution in [0, 0.1) is 23.2 Å². The van der Waals surface area contributed by atoms with Gasteiger partial charge in [-0.05, 0) is 112 Å². The SMILES string of the molecule is C=C1/C(=C\C=C2/CCC[C@]3(C)[C@@H]([C@H](C/C=C/C(O)(C(C)(F)F)C(F)(F)F)CCCC(C)(C)O)CC[C@@H]23)C[C@@H](O)C[C@@H]1O. The van der Waals surface area contributed by atoms with Gasteiger partial charge < -0.3 is 20.4 Å². The van der Waals surface area contributed by atoms with Crippen molar-refractivity contribution >= 4 is 0 Å². The molecule has 0 amide bonds. The lowest BCUT2D eigenvalue weighted by molar-refractivity contribution is -0.305. The Morgan fingerprint density at radius 2 is 1.71 bits per heavy atom. The van der Waals surface area contributed by atoms with E-state index in [0.29, 0.717) is 31.3 Å². The van der Waals surface area contributed by atoms with Crippen molar-refractivity contribution in [1.29, 1.82) is 0 Å². The van der Waals surface area contributed by atoms with Crippen molar-refractivity contribution in [1.82, 2.24) is 0 Å². The van der Waals surface area contributed by atoms with Crippen LogP contribution in [0.2, 0.25) is 0 Å². The number of aliphatic hydroxyl groups excluding tert-OH is 2. The van der Waals surface area contributed by atoms with Crippen LogP contribution in [-0.4, -0.2) is 55.9 Å². The van der Waals surface area contributed by atoms with Crippen LogP contribution >= 0.6 is 0 Å². The van der Waals surface area contributed by atoms with Crippen LogP contribution in [0.4, 0.5) is 22.0 Å². The second-order valence-electron chi connectivity index (χ2n) is 13.9. The van der Waals surface area contributed by atoms with Gasteiger partial charge in [-0.25, -0.2) is 8.78 Å². The maximum Gasteiger partial charge on any atom is 0.426 e. The molecule has 0 saturated heterocycles. The van der Waals surface area contributed by atoms with Gasteiger partial charge >= 0.3 is 6.18 Å². The molecule has 42 heavy (non-hydrogen) atoms. The Bertz CT molecular complexity index is 1030. The molecule has 0 spiro atoms. The minimum Gasteiger partial charge on any atom is -0.393 e. The van der Waals surface area contributed by atoms with Crippen LogP contribution in [0.15, 0.2) is 47.6 Å². The molecule has 0 radical (unpaired) electrons. The molecule has 0 aromatic rings. The third-order valence-corrected chi connectivity index (χ3v) is 10.1. The van der Waals surface area contributed by atoms with Gasteiger partial charge in [0.2, 0.25) is 5.60 Å². The highest BCUT2D eigenvalue weighted by molar-refractivity contribution is 5.38. The summed E-state index contributed by atoms with van der Waals surface area (Å²) in [6, 6.07) is 0. The first kappa shape index (κ1) is 34.9. The molecular formula is C33H49F5O4. The van der Waals surface area contributed by atoms with Crippen molar-refractivity contribution in [3.8, 4) is 0 Å². The lowest BCUT2D eigenvalue weighted by Crippen LogP contribution is -2.56. The van der Waals surface area contributed by atoms with E-state index in [1.54, 1.807) is 13.8 Å². The van der Waals surface area contributed by atoms with E-state index < -0.39 is 35.5 Å². The molecule has 3 fully saturated rings. The summed E-state index contributed by atoms with van der Waals surface area (Å²) in [5.74, 6) is -4.15. The Morgan fingerprint density at radius 1 is 1.05 bits per heavy atom. The predicted octanol–water partition coefficient (Wildman–Crippen LogP) is 7.58. The quantitative estimate of drug-likeness (QED) is 0.153. The van der Waals surface area contributed by atoms with Gasteiger partial charge in [0, 0.05) is 13.3 Å². The Kier molecular flexibility index (Phi) is 10.7. The van der Waals surface area contributed by atoms with E-state index in [9.17, 15) is 42.4 Å². The summed E-state index contributed by atoms with van der Waals surface area (Å²) in [4.78, 5) is 0. The molecule has 0 aromatic heterocycles. The van der Waals surface area contributed by atoms with Crippen molar-refractivity contribution < 1.29 is 42.4 Å². The van der Waals surface area contributed by atoms with Crippen LogP contribution in [0.3, 0.4) is 0 Å². The van der Waals surface area contributed by atoms with Crippen LogP contribution in [0.1, 0.15) is 98.3 Å². The third kappa shape index (κ3) is 7.74. The average molecular weight is 605 g/mol. The van der Waals surface area contributed by atoms with Gasteiger partial charge in [-0.2, -0.15) is 13.2 Å². The lowest BCUT2D eigenvalue weighted by atomic mass is 9.60. The van der Waals surface area contributed by atoms with Gasteiger partial charge in [0.25, 0.3) is 5.92 Å².